The zero-order chi connectivity index (χ0) is 24.5. The van der Waals surface area contributed by atoms with Crippen molar-refractivity contribution in [2.45, 2.75) is 29.3 Å². The number of benzene rings is 2. The molecule has 0 saturated carbocycles. The summed E-state index contributed by atoms with van der Waals surface area (Å²) in [6, 6.07) is 14.7. The van der Waals surface area contributed by atoms with Crippen LogP contribution in [0.15, 0.2) is 71.8 Å². The fourth-order valence-corrected chi connectivity index (χ4v) is 4.26. The number of carbonyl (C=O) groups excluding carboxylic acids is 2. The van der Waals surface area contributed by atoms with Crippen LogP contribution in [0.25, 0.3) is 11.3 Å². The fourth-order valence-electron chi connectivity index (χ4n) is 3.72. The summed E-state index contributed by atoms with van der Waals surface area (Å²) < 4.78 is 42.9. The van der Waals surface area contributed by atoms with Gasteiger partial charge in [0, 0.05) is 22.6 Å². The monoisotopic (exact) mass is 487 g/mol. The Labute approximate surface area is 198 Å². The molecule has 1 aliphatic rings. The number of hydrogen-bond donors (Lipinski definition) is 1. The zero-order valence-electron chi connectivity index (χ0n) is 18.2. The number of amides is 3. The minimum atomic E-state index is -4.42. The molecular weight excluding hydrogens is 467 g/mol. The van der Waals surface area contributed by atoms with E-state index in [-0.39, 0.29) is 28.3 Å². The molecule has 0 radical (unpaired) electrons. The van der Waals surface area contributed by atoms with Crippen molar-refractivity contribution in [1.29, 1.82) is 0 Å². The highest BCUT2D eigenvalue weighted by molar-refractivity contribution is 8.00. The summed E-state index contributed by atoms with van der Waals surface area (Å²) >= 11 is -0.259. The lowest BCUT2D eigenvalue weighted by Gasteiger charge is -2.19. The van der Waals surface area contributed by atoms with Gasteiger partial charge in [-0.25, -0.2) is 9.69 Å². The van der Waals surface area contributed by atoms with Crippen LogP contribution in [0, 0.1) is 0 Å². The molecule has 2 heterocycles. The number of nitrogens with one attached hydrogen (secondary N) is 1. The fraction of sp³-hybridized carbons (Fsp3) is 0.208. The van der Waals surface area contributed by atoms with Crippen LogP contribution in [-0.2, 0) is 4.79 Å². The second-order valence-electron chi connectivity index (χ2n) is 7.63. The number of thioether (sulfide) groups is 1. The van der Waals surface area contributed by atoms with E-state index in [0.717, 1.165) is 21.8 Å². The van der Waals surface area contributed by atoms with E-state index in [2.05, 4.69) is 10.3 Å². The molecule has 0 bridgehead atoms. The quantitative estimate of drug-likeness (QED) is 0.362. The minimum absolute atomic E-state index is 0.0314. The van der Waals surface area contributed by atoms with Gasteiger partial charge in [-0.1, -0.05) is 6.92 Å². The number of ether oxygens (including phenoxy) is 1. The normalized spacial score (nSPS) is 17.0. The number of carbonyl (C=O) groups is 2. The molecule has 34 heavy (non-hydrogen) atoms. The summed E-state index contributed by atoms with van der Waals surface area (Å²) in [5.74, 6) is -0.129. The largest absolute Gasteiger partial charge is 0.497 e. The highest BCUT2D eigenvalue weighted by Gasteiger charge is 2.42. The SMILES string of the molecule is COc1ccc(-c2cc(C(C)C3NC(=O)N(c4ccc(SC(F)(F)F)cc4)C3=O)ccn2)cc1. The summed E-state index contributed by atoms with van der Waals surface area (Å²) in [6.07, 6.45) is 1.64. The molecule has 176 valence electrons. The smallest absolute Gasteiger partial charge is 0.446 e. The van der Waals surface area contributed by atoms with Crippen LogP contribution in [0.5, 0.6) is 5.75 Å². The lowest BCUT2D eigenvalue weighted by atomic mass is 9.92. The van der Waals surface area contributed by atoms with Crippen LogP contribution in [0.2, 0.25) is 0 Å². The number of methoxy groups -OCH3 is 1. The van der Waals surface area contributed by atoms with E-state index >= 15 is 0 Å². The predicted molar refractivity (Wildman–Crippen MR) is 123 cm³/mol. The summed E-state index contributed by atoms with van der Waals surface area (Å²) in [6.45, 7) is 1.82. The third-order valence-corrected chi connectivity index (χ3v) is 6.23. The molecule has 10 heteroatoms. The number of nitrogens with zero attached hydrogens (tertiary/aromatic N) is 2. The standard InChI is InChI=1S/C24H20F3N3O3S/c1-14(16-11-12-28-20(13-16)15-3-7-18(33-2)8-4-15)21-22(31)30(23(32)29-21)17-5-9-19(10-6-17)34-24(25,26)27/h3-14,21H,1-2H3,(H,29,32). The maximum atomic E-state index is 13.1. The number of aromatic nitrogens is 1. The average Bonchev–Trinajstić information content (AvgIpc) is 3.12. The molecule has 2 atom stereocenters. The van der Waals surface area contributed by atoms with E-state index in [1.54, 1.807) is 19.4 Å². The third kappa shape index (κ3) is 5.01. The van der Waals surface area contributed by atoms with Crippen molar-refractivity contribution in [3.63, 3.8) is 0 Å². The van der Waals surface area contributed by atoms with Crippen molar-refractivity contribution >= 4 is 29.4 Å². The zero-order valence-corrected chi connectivity index (χ0v) is 19.0. The molecule has 3 amide bonds. The Morgan fingerprint density at radius 1 is 1.06 bits per heavy atom. The van der Waals surface area contributed by atoms with E-state index in [1.165, 1.54) is 24.3 Å². The first-order valence-corrected chi connectivity index (χ1v) is 11.1. The van der Waals surface area contributed by atoms with Gasteiger partial charge in [0.15, 0.2) is 0 Å². The number of imide groups is 1. The van der Waals surface area contributed by atoms with Crippen LogP contribution >= 0.6 is 11.8 Å². The molecule has 1 fully saturated rings. The lowest BCUT2D eigenvalue weighted by Crippen LogP contribution is -2.34. The molecule has 0 aliphatic carbocycles. The van der Waals surface area contributed by atoms with Crippen molar-refractivity contribution in [2.75, 3.05) is 12.0 Å². The molecule has 2 unspecified atom stereocenters. The van der Waals surface area contributed by atoms with Gasteiger partial charge in [-0.3, -0.25) is 9.78 Å². The summed E-state index contributed by atoms with van der Waals surface area (Å²) in [7, 11) is 1.58. The molecule has 1 aromatic heterocycles. The van der Waals surface area contributed by atoms with E-state index < -0.39 is 23.5 Å². The number of hydrogen-bond acceptors (Lipinski definition) is 5. The number of halogens is 3. The number of urea groups is 1. The van der Waals surface area contributed by atoms with E-state index in [4.69, 9.17) is 4.74 Å². The average molecular weight is 488 g/mol. The first-order chi connectivity index (χ1) is 16.2. The van der Waals surface area contributed by atoms with Crippen LogP contribution in [0.3, 0.4) is 0 Å². The maximum absolute atomic E-state index is 13.1. The number of pyridine rings is 1. The molecule has 4 rings (SSSR count). The summed E-state index contributed by atoms with van der Waals surface area (Å²) in [5.41, 5.74) is -1.83. The summed E-state index contributed by atoms with van der Waals surface area (Å²) in [5, 5.41) is 2.69. The highest BCUT2D eigenvalue weighted by atomic mass is 32.2. The van der Waals surface area contributed by atoms with Crippen molar-refractivity contribution in [2.24, 2.45) is 0 Å². The topological polar surface area (TPSA) is 71.5 Å². The Balaban J connectivity index is 1.53. The van der Waals surface area contributed by atoms with Crippen LogP contribution < -0.4 is 15.0 Å². The second kappa shape index (κ2) is 9.38. The lowest BCUT2D eigenvalue weighted by molar-refractivity contribution is -0.118. The first kappa shape index (κ1) is 23.6. The van der Waals surface area contributed by atoms with Crippen molar-refractivity contribution in [1.82, 2.24) is 10.3 Å². The van der Waals surface area contributed by atoms with Crippen LogP contribution in [0.1, 0.15) is 18.4 Å². The molecule has 1 N–H and O–H groups in total. The predicted octanol–water partition coefficient (Wildman–Crippen LogP) is 5.60. The van der Waals surface area contributed by atoms with E-state index in [9.17, 15) is 22.8 Å². The van der Waals surface area contributed by atoms with Gasteiger partial charge in [0.25, 0.3) is 5.91 Å². The number of anilines is 1. The van der Waals surface area contributed by atoms with Crippen LogP contribution in [0.4, 0.5) is 23.7 Å². The van der Waals surface area contributed by atoms with Gasteiger partial charge in [-0.15, -0.1) is 0 Å². The van der Waals surface area contributed by atoms with Gasteiger partial charge in [-0.2, -0.15) is 13.2 Å². The molecule has 3 aromatic rings. The number of alkyl halides is 3. The summed E-state index contributed by atoms with van der Waals surface area (Å²) in [4.78, 5) is 31.0. The van der Waals surface area contributed by atoms with E-state index in [1.807, 2.05) is 37.3 Å². The molecule has 0 spiro atoms. The Morgan fingerprint density at radius 3 is 2.35 bits per heavy atom. The van der Waals surface area contributed by atoms with Crippen molar-refractivity contribution in [3.05, 3.63) is 72.4 Å². The molecule has 1 aliphatic heterocycles. The van der Waals surface area contributed by atoms with Gasteiger partial charge in [0.05, 0.1) is 18.5 Å². The second-order valence-corrected chi connectivity index (χ2v) is 8.77. The van der Waals surface area contributed by atoms with Gasteiger partial charge < -0.3 is 10.1 Å². The molecule has 6 nitrogen and oxygen atoms in total. The van der Waals surface area contributed by atoms with Crippen molar-refractivity contribution < 1.29 is 27.5 Å². The third-order valence-electron chi connectivity index (χ3n) is 5.49. The van der Waals surface area contributed by atoms with Gasteiger partial charge in [-0.05, 0) is 78.0 Å². The minimum Gasteiger partial charge on any atom is -0.497 e. The van der Waals surface area contributed by atoms with Gasteiger partial charge >= 0.3 is 11.5 Å². The first-order valence-electron chi connectivity index (χ1n) is 10.3. The Hall–Kier alpha value is -3.53. The molecule has 1 saturated heterocycles. The van der Waals surface area contributed by atoms with Crippen molar-refractivity contribution in [3.8, 4) is 17.0 Å². The number of rotatable bonds is 6. The van der Waals surface area contributed by atoms with E-state index in [0.29, 0.717) is 5.69 Å². The Kier molecular flexibility index (Phi) is 6.52. The Morgan fingerprint density at radius 2 is 1.74 bits per heavy atom. The molecule has 2 aromatic carbocycles. The van der Waals surface area contributed by atoms with Gasteiger partial charge in [0.1, 0.15) is 11.8 Å². The highest BCUT2D eigenvalue weighted by Crippen LogP contribution is 2.38. The van der Waals surface area contributed by atoms with Gasteiger partial charge in [0.2, 0.25) is 0 Å². The van der Waals surface area contributed by atoms with Crippen LogP contribution in [-0.4, -0.2) is 35.6 Å². The maximum Gasteiger partial charge on any atom is 0.446 e. The Bertz CT molecular complexity index is 1200. The molecular formula is C24H20F3N3O3S.